The Morgan fingerprint density at radius 1 is 1.43 bits per heavy atom. The summed E-state index contributed by atoms with van der Waals surface area (Å²) in [6.07, 6.45) is 6.66. The number of furan rings is 1. The lowest BCUT2D eigenvalue weighted by Gasteiger charge is -2.32. The first-order chi connectivity index (χ1) is 10.2. The molecule has 114 valence electrons. The first-order valence-corrected chi connectivity index (χ1v) is 7.91. The number of nitrogens with zero attached hydrogens (tertiary/aromatic N) is 2. The second kappa shape index (κ2) is 6.80. The molecule has 0 aliphatic heterocycles. The highest BCUT2D eigenvalue weighted by Crippen LogP contribution is 2.37. The Hall–Kier alpha value is -1.76. The molecule has 1 aromatic heterocycles. The van der Waals surface area contributed by atoms with Crippen molar-refractivity contribution in [2.45, 2.75) is 65.0 Å². The van der Waals surface area contributed by atoms with Gasteiger partial charge in [-0.25, -0.2) is 0 Å². The van der Waals surface area contributed by atoms with Crippen molar-refractivity contribution in [2.24, 2.45) is 5.41 Å². The van der Waals surface area contributed by atoms with Gasteiger partial charge in [0.05, 0.1) is 18.9 Å². The molecule has 21 heavy (non-hydrogen) atoms. The van der Waals surface area contributed by atoms with E-state index in [0.29, 0.717) is 19.4 Å². The summed E-state index contributed by atoms with van der Waals surface area (Å²) in [6.45, 7) is 4.54. The zero-order valence-electron chi connectivity index (χ0n) is 13.0. The van der Waals surface area contributed by atoms with Crippen LogP contribution in [0.4, 0.5) is 0 Å². The summed E-state index contributed by atoms with van der Waals surface area (Å²) in [5.74, 6) is 0.780. The Balaban J connectivity index is 2.21. The third-order valence-electron chi connectivity index (χ3n) is 4.13. The second-order valence-corrected chi connectivity index (χ2v) is 5.94. The number of rotatable bonds is 8. The predicted octanol–water partition coefficient (Wildman–Crippen LogP) is 3.88. The average Bonchev–Trinajstić information content (AvgIpc) is 3.20. The summed E-state index contributed by atoms with van der Waals surface area (Å²) in [6, 6.07) is 6.34. The van der Waals surface area contributed by atoms with Crippen LogP contribution in [-0.4, -0.2) is 16.8 Å². The predicted molar refractivity (Wildman–Crippen MR) is 80.1 cm³/mol. The highest BCUT2D eigenvalue weighted by atomic mass is 16.3. The molecule has 0 aromatic carbocycles. The fourth-order valence-electron chi connectivity index (χ4n) is 2.95. The van der Waals surface area contributed by atoms with Gasteiger partial charge in [-0.2, -0.15) is 5.26 Å². The fraction of sp³-hybridized carbons (Fsp3) is 0.647. The van der Waals surface area contributed by atoms with Crippen LogP contribution < -0.4 is 0 Å². The highest BCUT2D eigenvalue weighted by molar-refractivity contribution is 5.86. The van der Waals surface area contributed by atoms with Crippen LogP contribution in [0.2, 0.25) is 0 Å². The van der Waals surface area contributed by atoms with Crippen LogP contribution in [-0.2, 0) is 11.3 Å². The smallest absolute Gasteiger partial charge is 0.243 e. The summed E-state index contributed by atoms with van der Waals surface area (Å²) < 4.78 is 5.38. The number of amides is 1. The Morgan fingerprint density at radius 3 is 2.52 bits per heavy atom. The van der Waals surface area contributed by atoms with Crippen molar-refractivity contribution in [1.29, 1.82) is 5.26 Å². The molecule has 0 radical (unpaired) electrons. The molecule has 1 saturated carbocycles. The summed E-state index contributed by atoms with van der Waals surface area (Å²) in [5, 5.41) is 9.67. The van der Waals surface area contributed by atoms with Crippen LogP contribution in [0.1, 0.15) is 58.1 Å². The third-order valence-corrected chi connectivity index (χ3v) is 4.13. The topological polar surface area (TPSA) is 57.2 Å². The molecule has 0 unspecified atom stereocenters. The third kappa shape index (κ3) is 3.47. The largest absolute Gasteiger partial charge is 0.467 e. The number of nitriles is 1. The van der Waals surface area contributed by atoms with Gasteiger partial charge in [0, 0.05) is 6.04 Å². The monoisotopic (exact) mass is 288 g/mol. The zero-order valence-corrected chi connectivity index (χ0v) is 13.0. The number of hydrogen-bond acceptors (Lipinski definition) is 3. The molecule has 1 heterocycles. The first kappa shape index (κ1) is 15.6. The van der Waals surface area contributed by atoms with Gasteiger partial charge in [0.15, 0.2) is 0 Å². The van der Waals surface area contributed by atoms with Crippen LogP contribution in [0.5, 0.6) is 0 Å². The minimum absolute atomic E-state index is 0.00685. The molecule has 0 saturated heterocycles. The Bertz CT molecular complexity index is 491. The summed E-state index contributed by atoms with van der Waals surface area (Å²) >= 11 is 0. The number of carbonyl (C=O) groups excluding carboxylic acids is 1. The molecular formula is C17H24N2O2. The maximum absolute atomic E-state index is 13.0. The van der Waals surface area contributed by atoms with Crippen molar-refractivity contribution in [3.05, 3.63) is 24.2 Å². The zero-order chi connectivity index (χ0) is 15.3. The molecule has 1 aromatic rings. The Labute approximate surface area is 126 Å². The molecule has 1 aliphatic rings. The van der Waals surface area contributed by atoms with E-state index in [1.54, 1.807) is 6.26 Å². The van der Waals surface area contributed by atoms with Crippen LogP contribution in [0, 0.1) is 16.7 Å². The fourth-order valence-corrected chi connectivity index (χ4v) is 2.95. The van der Waals surface area contributed by atoms with E-state index in [1.807, 2.05) is 30.9 Å². The minimum atomic E-state index is -0.862. The van der Waals surface area contributed by atoms with E-state index in [9.17, 15) is 10.1 Å². The summed E-state index contributed by atoms with van der Waals surface area (Å²) in [5.41, 5.74) is -0.862. The van der Waals surface area contributed by atoms with Crippen molar-refractivity contribution in [3.63, 3.8) is 0 Å². The molecule has 1 amide bonds. The molecule has 1 aliphatic carbocycles. The van der Waals surface area contributed by atoms with Gasteiger partial charge < -0.3 is 9.32 Å². The molecule has 0 atom stereocenters. The normalized spacial score (nSPS) is 14.7. The quantitative estimate of drug-likeness (QED) is 0.729. The van der Waals surface area contributed by atoms with E-state index in [4.69, 9.17) is 4.42 Å². The van der Waals surface area contributed by atoms with Gasteiger partial charge in [-0.3, -0.25) is 4.79 Å². The van der Waals surface area contributed by atoms with E-state index >= 15 is 0 Å². The summed E-state index contributed by atoms with van der Waals surface area (Å²) in [7, 11) is 0. The van der Waals surface area contributed by atoms with Crippen molar-refractivity contribution < 1.29 is 9.21 Å². The van der Waals surface area contributed by atoms with Gasteiger partial charge >= 0.3 is 0 Å². The van der Waals surface area contributed by atoms with Crippen LogP contribution in [0.25, 0.3) is 0 Å². The van der Waals surface area contributed by atoms with Gasteiger partial charge in [-0.05, 0) is 37.8 Å². The lowest BCUT2D eigenvalue weighted by atomic mass is 9.79. The molecule has 4 nitrogen and oxygen atoms in total. The highest BCUT2D eigenvalue weighted by Gasteiger charge is 2.44. The van der Waals surface area contributed by atoms with Crippen LogP contribution >= 0.6 is 0 Å². The maximum Gasteiger partial charge on any atom is 0.243 e. The van der Waals surface area contributed by atoms with Crippen molar-refractivity contribution in [1.82, 2.24) is 4.90 Å². The maximum atomic E-state index is 13.0. The van der Waals surface area contributed by atoms with Crippen LogP contribution in [0.15, 0.2) is 22.8 Å². The van der Waals surface area contributed by atoms with Gasteiger partial charge in [-0.15, -0.1) is 0 Å². The van der Waals surface area contributed by atoms with Gasteiger partial charge in [0.2, 0.25) is 5.91 Å². The van der Waals surface area contributed by atoms with E-state index in [2.05, 4.69) is 6.07 Å². The molecule has 0 N–H and O–H groups in total. The van der Waals surface area contributed by atoms with Crippen LogP contribution in [0.3, 0.4) is 0 Å². The van der Waals surface area contributed by atoms with Gasteiger partial charge in [0.25, 0.3) is 0 Å². The lowest BCUT2D eigenvalue weighted by molar-refractivity contribution is -0.141. The Kier molecular flexibility index (Phi) is 5.06. The van der Waals surface area contributed by atoms with Crippen molar-refractivity contribution in [2.75, 3.05) is 0 Å². The molecule has 0 spiro atoms. The molecule has 0 bridgehead atoms. The summed E-state index contributed by atoms with van der Waals surface area (Å²) in [4.78, 5) is 14.9. The number of hydrogen-bond donors (Lipinski definition) is 0. The second-order valence-electron chi connectivity index (χ2n) is 5.94. The van der Waals surface area contributed by atoms with Gasteiger partial charge in [0.1, 0.15) is 11.2 Å². The SMILES string of the molecule is CCCC(C#N)(CCC)C(=O)N(Cc1ccco1)C1CC1. The lowest BCUT2D eigenvalue weighted by Crippen LogP contribution is -2.44. The molecule has 4 heteroatoms. The van der Waals surface area contributed by atoms with E-state index in [-0.39, 0.29) is 11.9 Å². The first-order valence-electron chi connectivity index (χ1n) is 7.91. The van der Waals surface area contributed by atoms with Crippen molar-refractivity contribution in [3.8, 4) is 6.07 Å². The van der Waals surface area contributed by atoms with Crippen molar-refractivity contribution >= 4 is 5.91 Å². The standard InChI is InChI=1S/C17H24N2O2/c1-3-9-17(13-18,10-4-2)16(20)19(14-7-8-14)12-15-6-5-11-21-15/h5-6,11,14H,3-4,7-10,12H2,1-2H3. The van der Waals surface area contributed by atoms with E-state index in [0.717, 1.165) is 31.4 Å². The molecule has 2 rings (SSSR count). The van der Waals surface area contributed by atoms with Gasteiger partial charge in [-0.1, -0.05) is 26.7 Å². The average molecular weight is 288 g/mol. The molecular weight excluding hydrogens is 264 g/mol. The Morgan fingerprint density at radius 2 is 2.10 bits per heavy atom. The minimum Gasteiger partial charge on any atom is -0.467 e. The van der Waals surface area contributed by atoms with E-state index in [1.165, 1.54) is 0 Å². The van der Waals surface area contributed by atoms with E-state index < -0.39 is 5.41 Å². The number of carbonyl (C=O) groups is 1. The molecule has 1 fully saturated rings.